The smallest absolute Gasteiger partial charge is 0.327 e. The molecule has 0 aliphatic rings. The van der Waals surface area contributed by atoms with Gasteiger partial charge in [0.25, 0.3) is 0 Å². The molecule has 0 aliphatic carbocycles. The van der Waals surface area contributed by atoms with Crippen LogP contribution in [0.25, 0.3) is 0 Å². The lowest BCUT2D eigenvalue weighted by molar-refractivity contribution is -0.143. The highest BCUT2D eigenvalue weighted by Gasteiger charge is 2.21. The minimum Gasteiger partial charge on any atom is -0.481 e. The number of ether oxygens (including phenoxy) is 2. The average molecular weight is 252 g/mol. The molecule has 5 heteroatoms. The van der Waals surface area contributed by atoms with Crippen LogP contribution in [0.2, 0.25) is 0 Å². The van der Waals surface area contributed by atoms with Crippen molar-refractivity contribution >= 4 is 5.97 Å². The first-order valence-electron chi connectivity index (χ1n) is 5.89. The molecule has 1 aromatic heterocycles. The summed E-state index contributed by atoms with van der Waals surface area (Å²) >= 11 is 0. The highest BCUT2D eigenvalue weighted by Crippen LogP contribution is 2.16. The SMILES string of the molecule is COC(=O)C(NCC(C)C)c1ccc(OC)nc1. The molecule has 0 aromatic carbocycles. The van der Waals surface area contributed by atoms with E-state index in [9.17, 15) is 4.79 Å². The molecule has 0 bridgehead atoms. The first-order chi connectivity index (χ1) is 8.58. The summed E-state index contributed by atoms with van der Waals surface area (Å²) in [5.74, 6) is 0.650. The van der Waals surface area contributed by atoms with Crippen molar-refractivity contribution in [2.45, 2.75) is 19.9 Å². The topological polar surface area (TPSA) is 60.5 Å². The normalized spacial score (nSPS) is 12.3. The van der Waals surface area contributed by atoms with Crippen LogP contribution in [-0.4, -0.2) is 31.7 Å². The Balaban J connectivity index is 2.83. The summed E-state index contributed by atoms with van der Waals surface area (Å²) in [6.45, 7) is 4.88. The van der Waals surface area contributed by atoms with Gasteiger partial charge in [-0.3, -0.25) is 0 Å². The number of nitrogens with zero attached hydrogens (tertiary/aromatic N) is 1. The summed E-state index contributed by atoms with van der Waals surface area (Å²) < 4.78 is 9.78. The molecule has 5 nitrogen and oxygen atoms in total. The Morgan fingerprint density at radius 1 is 1.39 bits per heavy atom. The van der Waals surface area contributed by atoms with E-state index in [1.807, 2.05) is 0 Å². The van der Waals surface area contributed by atoms with Crippen molar-refractivity contribution in [3.05, 3.63) is 23.9 Å². The molecule has 1 atom stereocenters. The maximum Gasteiger partial charge on any atom is 0.327 e. The Morgan fingerprint density at radius 2 is 2.11 bits per heavy atom. The van der Waals surface area contributed by atoms with Crippen LogP contribution < -0.4 is 10.1 Å². The number of hydrogen-bond donors (Lipinski definition) is 1. The fourth-order valence-corrected chi connectivity index (χ4v) is 1.49. The second-order valence-corrected chi connectivity index (χ2v) is 4.39. The summed E-state index contributed by atoms with van der Waals surface area (Å²) in [7, 11) is 2.93. The zero-order chi connectivity index (χ0) is 13.5. The average Bonchev–Trinajstić information content (AvgIpc) is 2.39. The first kappa shape index (κ1) is 14.4. The third-order valence-electron chi connectivity index (χ3n) is 2.47. The molecular formula is C13H20N2O3. The molecule has 1 heterocycles. The molecule has 1 unspecified atom stereocenters. The standard InChI is InChI=1S/C13H20N2O3/c1-9(2)7-15-12(13(16)18-4)10-5-6-11(17-3)14-8-10/h5-6,8-9,12,15H,7H2,1-4H3. The van der Waals surface area contributed by atoms with Gasteiger partial charge in [-0.1, -0.05) is 13.8 Å². The van der Waals surface area contributed by atoms with Crippen LogP contribution in [0, 0.1) is 5.92 Å². The van der Waals surface area contributed by atoms with Gasteiger partial charge in [0.05, 0.1) is 14.2 Å². The minimum absolute atomic E-state index is 0.317. The summed E-state index contributed by atoms with van der Waals surface area (Å²) in [5.41, 5.74) is 0.767. The molecule has 1 aromatic rings. The molecule has 0 radical (unpaired) electrons. The van der Waals surface area contributed by atoms with Gasteiger partial charge in [-0.05, 0) is 24.1 Å². The monoisotopic (exact) mass is 252 g/mol. The third-order valence-corrected chi connectivity index (χ3v) is 2.47. The van der Waals surface area contributed by atoms with Gasteiger partial charge in [0, 0.05) is 12.3 Å². The molecule has 0 aliphatic heterocycles. The summed E-state index contributed by atoms with van der Waals surface area (Å²) in [4.78, 5) is 15.8. The Bertz CT molecular complexity index is 376. The van der Waals surface area contributed by atoms with Crippen molar-refractivity contribution in [1.82, 2.24) is 10.3 Å². The van der Waals surface area contributed by atoms with Crippen LogP contribution >= 0.6 is 0 Å². The van der Waals surface area contributed by atoms with E-state index in [0.717, 1.165) is 12.1 Å². The largest absolute Gasteiger partial charge is 0.481 e. The van der Waals surface area contributed by atoms with Gasteiger partial charge in [0.1, 0.15) is 6.04 Å². The van der Waals surface area contributed by atoms with E-state index in [1.165, 1.54) is 7.11 Å². The van der Waals surface area contributed by atoms with E-state index in [2.05, 4.69) is 24.1 Å². The number of esters is 1. The number of rotatable bonds is 6. The second-order valence-electron chi connectivity index (χ2n) is 4.39. The van der Waals surface area contributed by atoms with Crippen molar-refractivity contribution in [3.8, 4) is 5.88 Å². The fourth-order valence-electron chi connectivity index (χ4n) is 1.49. The molecule has 18 heavy (non-hydrogen) atoms. The number of nitrogens with one attached hydrogen (secondary N) is 1. The Hall–Kier alpha value is -1.62. The maximum absolute atomic E-state index is 11.7. The first-order valence-corrected chi connectivity index (χ1v) is 5.89. The van der Waals surface area contributed by atoms with E-state index in [-0.39, 0.29) is 5.97 Å². The number of pyridine rings is 1. The quantitative estimate of drug-likeness (QED) is 0.778. The molecule has 0 amide bonds. The Kier molecular flexibility index (Phi) is 5.58. The van der Waals surface area contributed by atoms with E-state index < -0.39 is 6.04 Å². The molecule has 1 N–H and O–H groups in total. The number of carbonyl (C=O) groups excluding carboxylic acids is 1. The Morgan fingerprint density at radius 3 is 2.56 bits per heavy atom. The summed E-state index contributed by atoms with van der Waals surface area (Å²) in [5, 5.41) is 3.17. The second kappa shape index (κ2) is 6.96. The predicted octanol–water partition coefficient (Wildman–Crippen LogP) is 1.55. The van der Waals surface area contributed by atoms with Crippen molar-refractivity contribution in [2.75, 3.05) is 20.8 Å². The van der Waals surface area contributed by atoms with Crippen molar-refractivity contribution in [1.29, 1.82) is 0 Å². The molecule has 0 spiro atoms. The molecule has 0 saturated heterocycles. The Labute approximate surface area is 108 Å². The molecule has 0 saturated carbocycles. The van der Waals surface area contributed by atoms with Gasteiger partial charge < -0.3 is 14.8 Å². The maximum atomic E-state index is 11.7. The van der Waals surface area contributed by atoms with Crippen LogP contribution in [0.5, 0.6) is 5.88 Å². The van der Waals surface area contributed by atoms with Crippen LogP contribution in [0.1, 0.15) is 25.5 Å². The highest BCUT2D eigenvalue weighted by atomic mass is 16.5. The summed E-state index contributed by atoms with van der Waals surface area (Å²) in [6.07, 6.45) is 1.62. The van der Waals surface area contributed by atoms with E-state index in [1.54, 1.807) is 25.4 Å². The van der Waals surface area contributed by atoms with Gasteiger partial charge in [0.15, 0.2) is 0 Å². The van der Waals surface area contributed by atoms with Crippen LogP contribution in [-0.2, 0) is 9.53 Å². The number of methoxy groups -OCH3 is 2. The number of aromatic nitrogens is 1. The van der Waals surface area contributed by atoms with Crippen molar-refractivity contribution < 1.29 is 14.3 Å². The fraction of sp³-hybridized carbons (Fsp3) is 0.538. The van der Waals surface area contributed by atoms with E-state index in [4.69, 9.17) is 9.47 Å². The molecule has 0 fully saturated rings. The lowest BCUT2D eigenvalue weighted by Gasteiger charge is -2.18. The van der Waals surface area contributed by atoms with Crippen molar-refractivity contribution in [3.63, 3.8) is 0 Å². The van der Waals surface area contributed by atoms with Crippen LogP contribution in [0.15, 0.2) is 18.3 Å². The summed E-state index contributed by atoms with van der Waals surface area (Å²) in [6, 6.07) is 3.04. The van der Waals surface area contributed by atoms with E-state index in [0.29, 0.717) is 11.8 Å². The van der Waals surface area contributed by atoms with Gasteiger partial charge >= 0.3 is 5.97 Å². The lowest BCUT2D eigenvalue weighted by Crippen LogP contribution is -2.32. The van der Waals surface area contributed by atoms with Gasteiger partial charge in [-0.15, -0.1) is 0 Å². The molecule has 100 valence electrons. The van der Waals surface area contributed by atoms with E-state index >= 15 is 0 Å². The van der Waals surface area contributed by atoms with Crippen LogP contribution in [0.3, 0.4) is 0 Å². The van der Waals surface area contributed by atoms with Gasteiger partial charge in [0.2, 0.25) is 5.88 Å². The lowest BCUT2D eigenvalue weighted by atomic mass is 10.1. The van der Waals surface area contributed by atoms with Gasteiger partial charge in [-0.25, -0.2) is 9.78 Å². The van der Waals surface area contributed by atoms with Crippen LogP contribution in [0.4, 0.5) is 0 Å². The number of carbonyl (C=O) groups is 1. The van der Waals surface area contributed by atoms with Gasteiger partial charge in [-0.2, -0.15) is 0 Å². The zero-order valence-electron chi connectivity index (χ0n) is 11.3. The molecular weight excluding hydrogens is 232 g/mol. The minimum atomic E-state index is -0.490. The van der Waals surface area contributed by atoms with Crippen molar-refractivity contribution in [2.24, 2.45) is 5.92 Å². The molecule has 1 rings (SSSR count). The highest BCUT2D eigenvalue weighted by molar-refractivity contribution is 5.77. The predicted molar refractivity (Wildman–Crippen MR) is 68.4 cm³/mol. The number of hydrogen-bond acceptors (Lipinski definition) is 5. The third kappa shape index (κ3) is 4.00. The zero-order valence-corrected chi connectivity index (χ0v) is 11.3.